The number of nitrogens with zero attached hydrogens (tertiary/aromatic N) is 2. The smallest absolute Gasteiger partial charge is 0.264 e. The molecule has 2 N–H and O–H groups in total. The zero-order valence-electron chi connectivity index (χ0n) is 21.0. The van der Waals surface area contributed by atoms with E-state index in [9.17, 15) is 22.4 Å². The predicted molar refractivity (Wildman–Crippen MR) is 141 cm³/mol. The van der Waals surface area contributed by atoms with Gasteiger partial charge < -0.3 is 15.4 Å². The van der Waals surface area contributed by atoms with Gasteiger partial charge in [0, 0.05) is 12.5 Å². The molecule has 2 atom stereocenters. The van der Waals surface area contributed by atoms with Crippen LogP contribution in [-0.4, -0.2) is 44.3 Å². The van der Waals surface area contributed by atoms with Gasteiger partial charge in [-0.2, -0.15) is 0 Å². The van der Waals surface area contributed by atoms with Gasteiger partial charge in [0.15, 0.2) is 0 Å². The fraction of sp³-hybridized carbons (Fsp3) is 0.286. The lowest BCUT2D eigenvalue weighted by Gasteiger charge is -2.33. The Labute approximate surface area is 221 Å². The summed E-state index contributed by atoms with van der Waals surface area (Å²) >= 11 is 0. The highest BCUT2D eigenvalue weighted by Gasteiger charge is 2.40. The van der Waals surface area contributed by atoms with Crippen molar-refractivity contribution in [3.63, 3.8) is 0 Å². The summed E-state index contributed by atoms with van der Waals surface area (Å²) in [5.74, 6) is -1.06. The van der Waals surface area contributed by atoms with Gasteiger partial charge in [-0.1, -0.05) is 30.3 Å². The van der Waals surface area contributed by atoms with Gasteiger partial charge in [0.1, 0.15) is 18.1 Å². The summed E-state index contributed by atoms with van der Waals surface area (Å²) in [6.45, 7) is 1.70. The number of primary amides is 1. The lowest BCUT2D eigenvalue weighted by atomic mass is 10.0. The molecule has 1 fully saturated rings. The Hall–Kier alpha value is -3.92. The van der Waals surface area contributed by atoms with Crippen LogP contribution in [0.3, 0.4) is 0 Å². The summed E-state index contributed by atoms with van der Waals surface area (Å²) in [6.07, 6.45) is 1.13. The van der Waals surface area contributed by atoms with E-state index in [2.05, 4.69) is 0 Å². The van der Waals surface area contributed by atoms with Crippen LogP contribution in [0.5, 0.6) is 5.75 Å². The van der Waals surface area contributed by atoms with Crippen LogP contribution in [0, 0.1) is 5.82 Å². The van der Waals surface area contributed by atoms with Gasteiger partial charge in [0.2, 0.25) is 11.8 Å². The van der Waals surface area contributed by atoms with Gasteiger partial charge in [-0.3, -0.25) is 13.9 Å². The number of amides is 2. The summed E-state index contributed by atoms with van der Waals surface area (Å²) in [7, 11) is -4.23. The molecule has 0 saturated carbocycles. The van der Waals surface area contributed by atoms with Gasteiger partial charge in [-0.15, -0.1) is 0 Å². The number of carbonyl (C=O) groups excluding carboxylic acids is 2. The second-order valence-electron chi connectivity index (χ2n) is 9.02. The first-order valence-corrected chi connectivity index (χ1v) is 13.8. The lowest BCUT2D eigenvalue weighted by molar-refractivity contribution is -0.133. The first-order valence-electron chi connectivity index (χ1n) is 12.4. The second kappa shape index (κ2) is 11.6. The van der Waals surface area contributed by atoms with Crippen LogP contribution in [-0.2, 0) is 19.6 Å². The number of hydrogen-bond donors (Lipinski definition) is 1. The Morgan fingerprint density at radius 2 is 1.66 bits per heavy atom. The highest BCUT2D eigenvalue weighted by molar-refractivity contribution is 7.92. The van der Waals surface area contributed by atoms with Gasteiger partial charge >= 0.3 is 0 Å². The molecule has 10 heteroatoms. The molecule has 3 aromatic rings. The van der Waals surface area contributed by atoms with E-state index < -0.39 is 40.2 Å². The van der Waals surface area contributed by atoms with E-state index in [4.69, 9.17) is 10.5 Å². The van der Waals surface area contributed by atoms with Crippen molar-refractivity contribution in [2.75, 3.05) is 17.5 Å². The Morgan fingerprint density at radius 3 is 2.26 bits per heavy atom. The number of ether oxygens (including phenoxy) is 1. The number of hydrogen-bond acceptors (Lipinski definition) is 5. The summed E-state index contributed by atoms with van der Waals surface area (Å²) < 4.78 is 47.7. The molecule has 0 aromatic heterocycles. The fourth-order valence-electron chi connectivity index (χ4n) is 4.82. The Bertz CT molecular complexity index is 1370. The van der Waals surface area contributed by atoms with Crippen molar-refractivity contribution >= 4 is 27.5 Å². The molecule has 2 unspecified atom stereocenters. The Morgan fingerprint density at radius 1 is 1.00 bits per heavy atom. The highest BCUT2D eigenvalue weighted by atomic mass is 32.2. The molecule has 38 heavy (non-hydrogen) atoms. The van der Waals surface area contributed by atoms with Gasteiger partial charge in [-0.25, -0.2) is 12.8 Å². The largest absolute Gasteiger partial charge is 0.494 e. The SMILES string of the molecule is CCOc1ccc(S(=O)(=O)N(CC(=O)N2C(CC(N)=O)CCC2c2ccccc2)c2ccc(F)cc2)cc1. The number of carbonyl (C=O) groups is 2. The van der Waals surface area contributed by atoms with Gasteiger partial charge in [0.05, 0.1) is 23.2 Å². The molecule has 2 amide bonds. The molecule has 0 aliphatic carbocycles. The van der Waals surface area contributed by atoms with E-state index in [1.807, 2.05) is 37.3 Å². The zero-order valence-corrected chi connectivity index (χ0v) is 21.8. The molecule has 200 valence electrons. The first kappa shape index (κ1) is 27.1. The lowest BCUT2D eigenvalue weighted by Crippen LogP contribution is -2.46. The number of rotatable bonds is 10. The molecular formula is C28H30FN3O5S. The molecule has 4 rings (SSSR count). The number of sulfonamides is 1. The average molecular weight is 540 g/mol. The predicted octanol–water partition coefficient (Wildman–Crippen LogP) is 4.03. The normalized spacial score (nSPS) is 17.3. The van der Waals surface area contributed by atoms with Crippen molar-refractivity contribution in [1.29, 1.82) is 0 Å². The van der Waals surface area contributed by atoms with Crippen molar-refractivity contribution in [2.45, 2.75) is 43.2 Å². The van der Waals surface area contributed by atoms with E-state index in [0.717, 1.165) is 22.0 Å². The molecule has 1 heterocycles. The molecule has 0 radical (unpaired) electrons. The van der Waals surface area contributed by atoms with Crippen LogP contribution in [0.25, 0.3) is 0 Å². The molecule has 8 nitrogen and oxygen atoms in total. The van der Waals surface area contributed by atoms with Gasteiger partial charge in [-0.05, 0) is 73.9 Å². The highest BCUT2D eigenvalue weighted by Crippen LogP contribution is 2.38. The number of likely N-dealkylation sites (tertiary alicyclic amines) is 1. The number of nitrogens with two attached hydrogens (primary N) is 1. The first-order chi connectivity index (χ1) is 18.2. The molecule has 0 spiro atoms. The second-order valence-corrected chi connectivity index (χ2v) is 10.9. The average Bonchev–Trinajstić information content (AvgIpc) is 3.32. The topological polar surface area (TPSA) is 110 Å². The quantitative estimate of drug-likeness (QED) is 0.418. The number of halogens is 1. The number of benzene rings is 3. The van der Waals surface area contributed by atoms with Crippen LogP contribution in [0.1, 0.15) is 37.8 Å². The fourth-order valence-corrected chi connectivity index (χ4v) is 6.24. The monoisotopic (exact) mass is 539 g/mol. The zero-order chi connectivity index (χ0) is 27.3. The van der Waals surface area contributed by atoms with Gasteiger partial charge in [0.25, 0.3) is 10.0 Å². The molecule has 1 saturated heterocycles. The van der Waals surface area contributed by atoms with Crippen LogP contribution < -0.4 is 14.8 Å². The van der Waals surface area contributed by atoms with E-state index in [-0.39, 0.29) is 23.0 Å². The van der Waals surface area contributed by atoms with Crippen molar-refractivity contribution < 1.29 is 27.1 Å². The van der Waals surface area contributed by atoms with E-state index >= 15 is 0 Å². The summed E-state index contributed by atoms with van der Waals surface area (Å²) in [6, 6.07) is 19.4. The van der Waals surface area contributed by atoms with Crippen molar-refractivity contribution in [3.8, 4) is 5.75 Å². The third-order valence-corrected chi connectivity index (χ3v) is 8.32. The van der Waals surface area contributed by atoms with Crippen molar-refractivity contribution in [1.82, 2.24) is 4.90 Å². The van der Waals surface area contributed by atoms with Crippen LogP contribution in [0.15, 0.2) is 83.8 Å². The van der Waals surface area contributed by atoms with E-state index in [1.54, 1.807) is 4.90 Å². The molecular weight excluding hydrogens is 509 g/mol. The summed E-state index contributed by atoms with van der Waals surface area (Å²) in [5, 5.41) is 0. The molecule has 3 aromatic carbocycles. The standard InChI is InChI=1S/C28H30FN3O5S/c1-2-37-24-13-15-25(16-14-24)38(35,36)31(22-10-8-21(29)9-11-22)19-28(34)32-23(18-27(30)33)12-17-26(32)20-6-4-3-5-7-20/h3-11,13-16,23,26H,2,12,17-19H2,1H3,(H2,30,33). The molecule has 0 bridgehead atoms. The van der Waals surface area contributed by atoms with E-state index in [1.165, 1.54) is 36.4 Å². The summed E-state index contributed by atoms with van der Waals surface area (Å²) in [4.78, 5) is 27.2. The third kappa shape index (κ3) is 5.96. The van der Waals surface area contributed by atoms with Crippen LogP contribution in [0.2, 0.25) is 0 Å². The minimum atomic E-state index is -4.23. The van der Waals surface area contributed by atoms with Crippen LogP contribution >= 0.6 is 0 Å². The van der Waals surface area contributed by atoms with Crippen LogP contribution in [0.4, 0.5) is 10.1 Å². The van der Waals surface area contributed by atoms with E-state index in [0.29, 0.717) is 25.2 Å². The maximum absolute atomic E-state index is 13.9. The summed E-state index contributed by atoms with van der Waals surface area (Å²) in [5.41, 5.74) is 6.49. The molecule has 1 aliphatic heterocycles. The maximum Gasteiger partial charge on any atom is 0.264 e. The van der Waals surface area contributed by atoms with Crippen molar-refractivity contribution in [2.24, 2.45) is 5.73 Å². The van der Waals surface area contributed by atoms with Crippen molar-refractivity contribution in [3.05, 3.63) is 90.2 Å². The molecule has 1 aliphatic rings. The maximum atomic E-state index is 13.9. The third-order valence-electron chi connectivity index (χ3n) is 6.53. The number of anilines is 1. The Kier molecular flexibility index (Phi) is 8.31. The minimum absolute atomic E-state index is 0.0305. The minimum Gasteiger partial charge on any atom is -0.494 e. The Balaban J connectivity index is 1.71.